The first kappa shape index (κ1) is 13.5. The standard InChI is InChI=1S/C14H18FN3O/c1-9(5-7-19-2)18-14-11(15)8-12(16)10-4-3-6-17-13(10)14/h3-4,6,8-9,18H,5,7,16H2,1-2H3. The summed E-state index contributed by atoms with van der Waals surface area (Å²) in [5.41, 5.74) is 7.16. The predicted molar refractivity (Wildman–Crippen MR) is 75.7 cm³/mol. The average molecular weight is 263 g/mol. The molecule has 0 amide bonds. The number of hydrogen-bond donors (Lipinski definition) is 2. The number of nitrogens with zero attached hydrogens (tertiary/aromatic N) is 1. The SMILES string of the molecule is COCCC(C)Nc1c(F)cc(N)c2cccnc12. The molecule has 1 aromatic heterocycles. The lowest BCUT2D eigenvalue weighted by molar-refractivity contribution is 0.191. The number of ether oxygens (including phenoxy) is 1. The Hall–Kier alpha value is -1.88. The maximum atomic E-state index is 14.0. The number of halogens is 1. The van der Waals surface area contributed by atoms with Crippen molar-refractivity contribution in [3.63, 3.8) is 0 Å². The third-order valence-electron chi connectivity index (χ3n) is 3.02. The minimum atomic E-state index is -0.382. The highest BCUT2D eigenvalue weighted by molar-refractivity contribution is 5.98. The third-order valence-corrected chi connectivity index (χ3v) is 3.02. The average Bonchev–Trinajstić information content (AvgIpc) is 2.41. The van der Waals surface area contributed by atoms with Crippen molar-refractivity contribution in [3.8, 4) is 0 Å². The molecule has 1 atom stereocenters. The number of nitrogen functional groups attached to an aromatic ring is 1. The van der Waals surface area contributed by atoms with Crippen LogP contribution in [0.2, 0.25) is 0 Å². The Balaban J connectivity index is 2.37. The van der Waals surface area contributed by atoms with Gasteiger partial charge in [0.15, 0.2) is 5.82 Å². The molecule has 0 aliphatic carbocycles. The zero-order valence-corrected chi connectivity index (χ0v) is 11.1. The van der Waals surface area contributed by atoms with E-state index < -0.39 is 0 Å². The van der Waals surface area contributed by atoms with Crippen molar-refractivity contribution in [2.75, 3.05) is 24.8 Å². The molecule has 5 heteroatoms. The summed E-state index contributed by atoms with van der Waals surface area (Å²) < 4.78 is 19.1. The molecule has 0 fully saturated rings. The Bertz CT molecular complexity index is 574. The van der Waals surface area contributed by atoms with Crippen molar-refractivity contribution in [1.29, 1.82) is 0 Å². The van der Waals surface area contributed by atoms with Crippen LogP contribution in [0.1, 0.15) is 13.3 Å². The van der Waals surface area contributed by atoms with E-state index in [1.54, 1.807) is 19.4 Å². The molecule has 0 saturated heterocycles. The van der Waals surface area contributed by atoms with Crippen LogP contribution in [0.15, 0.2) is 24.4 Å². The highest BCUT2D eigenvalue weighted by atomic mass is 19.1. The van der Waals surface area contributed by atoms with Crippen molar-refractivity contribution in [2.45, 2.75) is 19.4 Å². The van der Waals surface area contributed by atoms with E-state index in [1.165, 1.54) is 6.07 Å². The zero-order chi connectivity index (χ0) is 13.8. The van der Waals surface area contributed by atoms with Gasteiger partial charge in [0.05, 0.1) is 11.2 Å². The lowest BCUT2D eigenvalue weighted by atomic mass is 10.1. The fraction of sp³-hybridized carbons (Fsp3) is 0.357. The van der Waals surface area contributed by atoms with Gasteiger partial charge in [-0.05, 0) is 31.5 Å². The van der Waals surface area contributed by atoms with Gasteiger partial charge < -0.3 is 15.8 Å². The third kappa shape index (κ3) is 2.93. The quantitative estimate of drug-likeness (QED) is 0.814. The molecule has 0 radical (unpaired) electrons. The van der Waals surface area contributed by atoms with Crippen LogP contribution in [0.5, 0.6) is 0 Å². The second kappa shape index (κ2) is 5.84. The number of nitrogens with one attached hydrogen (secondary N) is 1. The minimum absolute atomic E-state index is 0.0864. The predicted octanol–water partition coefficient (Wildman–Crippen LogP) is 2.79. The van der Waals surface area contributed by atoms with Crippen LogP contribution in [0.3, 0.4) is 0 Å². The van der Waals surface area contributed by atoms with Crippen molar-refractivity contribution < 1.29 is 9.13 Å². The molecule has 102 valence electrons. The van der Waals surface area contributed by atoms with E-state index >= 15 is 0 Å². The normalized spacial score (nSPS) is 12.6. The molecule has 2 rings (SSSR count). The summed E-state index contributed by atoms with van der Waals surface area (Å²) in [4.78, 5) is 4.22. The summed E-state index contributed by atoms with van der Waals surface area (Å²) in [6.45, 7) is 2.60. The molecule has 3 N–H and O–H groups in total. The highest BCUT2D eigenvalue weighted by Crippen LogP contribution is 2.30. The summed E-state index contributed by atoms with van der Waals surface area (Å²) in [6, 6.07) is 5.04. The van der Waals surface area contributed by atoms with E-state index in [0.717, 1.165) is 11.8 Å². The second-order valence-corrected chi connectivity index (χ2v) is 4.55. The molecule has 0 bridgehead atoms. The van der Waals surface area contributed by atoms with Crippen LogP contribution >= 0.6 is 0 Å². The number of hydrogen-bond acceptors (Lipinski definition) is 4. The van der Waals surface area contributed by atoms with Crippen LogP contribution in [0, 0.1) is 5.82 Å². The molecule has 19 heavy (non-hydrogen) atoms. The van der Waals surface area contributed by atoms with Gasteiger partial charge in [-0.25, -0.2) is 4.39 Å². The monoisotopic (exact) mass is 263 g/mol. The number of nitrogens with two attached hydrogens (primary N) is 1. The van der Waals surface area contributed by atoms with Gasteiger partial charge >= 0.3 is 0 Å². The Labute approximate surface area is 111 Å². The summed E-state index contributed by atoms with van der Waals surface area (Å²) >= 11 is 0. The lowest BCUT2D eigenvalue weighted by Crippen LogP contribution is -2.18. The summed E-state index contributed by atoms with van der Waals surface area (Å²) in [7, 11) is 1.65. The number of aromatic nitrogens is 1. The maximum absolute atomic E-state index is 14.0. The Morgan fingerprint density at radius 1 is 1.53 bits per heavy atom. The lowest BCUT2D eigenvalue weighted by Gasteiger charge is -2.17. The van der Waals surface area contributed by atoms with Gasteiger partial charge in [0, 0.05) is 37.0 Å². The Morgan fingerprint density at radius 3 is 3.05 bits per heavy atom. The molecular formula is C14H18FN3O. The molecule has 2 aromatic rings. The molecule has 0 saturated carbocycles. The van der Waals surface area contributed by atoms with Crippen molar-refractivity contribution in [3.05, 3.63) is 30.2 Å². The molecule has 1 aromatic carbocycles. The molecule has 0 spiro atoms. The summed E-state index contributed by atoms with van der Waals surface area (Å²) in [6.07, 6.45) is 2.42. The van der Waals surface area contributed by atoms with Gasteiger partial charge in [0.25, 0.3) is 0 Å². The number of rotatable bonds is 5. The van der Waals surface area contributed by atoms with E-state index in [2.05, 4.69) is 10.3 Å². The smallest absolute Gasteiger partial charge is 0.150 e. The first-order valence-corrected chi connectivity index (χ1v) is 6.21. The van der Waals surface area contributed by atoms with Crippen LogP contribution in [0.25, 0.3) is 10.9 Å². The van der Waals surface area contributed by atoms with Gasteiger partial charge in [-0.3, -0.25) is 4.98 Å². The highest BCUT2D eigenvalue weighted by Gasteiger charge is 2.13. The molecule has 1 unspecified atom stereocenters. The van der Waals surface area contributed by atoms with Crippen LogP contribution in [0.4, 0.5) is 15.8 Å². The molecule has 0 aliphatic rings. The van der Waals surface area contributed by atoms with Crippen molar-refractivity contribution in [2.24, 2.45) is 0 Å². The minimum Gasteiger partial charge on any atom is -0.398 e. The summed E-state index contributed by atoms with van der Waals surface area (Å²) in [5, 5.41) is 3.90. The van der Waals surface area contributed by atoms with E-state index in [9.17, 15) is 4.39 Å². The number of fused-ring (bicyclic) bond motifs is 1. The van der Waals surface area contributed by atoms with Crippen LogP contribution < -0.4 is 11.1 Å². The fourth-order valence-electron chi connectivity index (χ4n) is 1.99. The van der Waals surface area contributed by atoms with Crippen LogP contribution in [-0.4, -0.2) is 24.7 Å². The van der Waals surface area contributed by atoms with Gasteiger partial charge in [-0.1, -0.05) is 0 Å². The van der Waals surface area contributed by atoms with E-state index in [4.69, 9.17) is 10.5 Å². The number of benzene rings is 1. The Kier molecular flexibility index (Phi) is 4.16. The van der Waals surface area contributed by atoms with Crippen molar-refractivity contribution in [1.82, 2.24) is 4.98 Å². The maximum Gasteiger partial charge on any atom is 0.150 e. The van der Waals surface area contributed by atoms with Gasteiger partial charge in [0.1, 0.15) is 0 Å². The molecule has 4 nitrogen and oxygen atoms in total. The number of pyridine rings is 1. The van der Waals surface area contributed by atoms with E-state index in [1.807, 2.05) is 13.0 Å². The first-order valence-electron chi connectivity index (χ1n) is 6.21. The zero-order valence-electron chi connectivity index (χ0n) is 11.1. The number of anilines is 2. The van der Waals surface area contributed by atoms with E-state index in [-0.39, 0.29) is 11.9 Å². The topological polar surface area (TPSA) is 60.2 Å². The second-order valence-electron chi connectivity index (χ2n) is 4.55. The fourth-order valence-corrected chi connectivity index (χ4v) is 1.99. The molecule has 1 heterocycles. The first-order chi connectivity index (χ1) is 9.13. The van der Waals surface area contributed by atoms with Crippen molar-refractivity contribution >= 4 is 22.3 Å². The van der Waals surface area contributed by atoms with Gasteiger partial charge in [-0.15, -0.1) is 0 Å². The summed E-state index contributed by atoms with van der Waals surface area (Å²) in [5.74, 6) is -0.382. The van der Waals surface area contributed by atoms with E-state index in [0.29, 0.717) is 23.5 Å². The largest absolute Gasteiger partial charge is 0.398 e. The molecular weight excluding hydrogens is 245 g/mol. The Morgan fingerprint density at radius 2 is 2.32 bits per heavy atom. The van der Waals surface area contributed by atoms with Gasteiger partial charge in [-0.2, -0.15) is 0 Å². The van der Waals surface area contributed by atoms with Crippen LogP contribution in [-0.2, 0) is 4.74 Å². The number of methoxy groups -OCH3 is 1. The molecule has 0 aliphatic heterocycles. The van der Waals surface area contributed by atoms with Gasteiger partial charge in [0.2, 0.25) is 0 Å².